The van der Waals surface area contributed by atoms with E-state index in [0.29, 0.717) is 19.3 Å². The second-order valence-corrected chi connectivity index (χ2v) is 8.43. The first kappa shape index (κ1) is 19.9. The minimum atomic E-state index is -0.133. The van der Waals surface area contributed by atoms with Gasteiger partial charge in [-0.25, -0.2) is 0 Å². The quantitative estimate of drug-likeness (QED) is 0.804. The number of para-hydroxylation sites is 1. The Labute approximate surface area is 181 Å². The molecule has 1 saturated heterocycles. The first-order valence-electron chi connectivity index (χ1n) is 10.9. The van der Waals surface area contributed by atoms with Gasteiger partial charge >= 0.3 is 0 Å². The van der Waals surface area contributed by atoms with Gasteiger partial charge in [0, 0.05) is 50.7 Å². The lowest BCUT2D eigenvalue weighted by molar-refractivity contribution is -0.133. The van der Waals surface area contributed by atoms with Gasteiger partial charge in [-0.05, 0) is 42.2 Å². The SMILES string of the molecule is O=C1Nc2ccccc2C[C@H]1CCC(=O)N1CCN(Cc2ccc3c(c2)OCO3)CC1. The summed E-state index contributed by atoms with van der Waals surface area (Å²) in [6.07, 6.45) is 1.72. The molecule has 162 valence electrons. The van der Waals surface area contributed by atoms with Gasteiger partial charge in [0.2, 0.25) is 18.6 Å². The van der Waals surface area contributed by atoms with E-state index in [-0.39, 0.29) is 24.5 Å². The summed E-state index contributed by atoms with van der Waals surface area (Å²) in [6, 6.07) is 13.9. The molecule has 2 aromatic rings. The zero-order chi connectivity index (χ0) is 21.2. The number of nitrogens with zero attached hydrogens (tertiary/aromatic N) is 2. The Balaban J connectivity index is 1.09. The third-order valence-electron chi connectivity index (χ3n) is 6.39. The molecule has 2 amide bonds. The van der Waals surface area contributed by atoms with Crippen LogP contribution in [-0.4, -0.2) is 54.6 Å². The average molecular weight is 421 g/mol. The number of ether oxygens (including phenoxy) is 2. The maximum atomic E-state index is 12.7. The van der Waals surface area contributed by atoms with Crippen LogP contribution in [0.5, 0.6) is 11.5 Å². The topological polar surface area (TPSA) is 71.1 Å². The van der Waals surface area contributed by atoms with Crippen molar-refractivity contribution in [3.8, 4) is 11.5 Å². The van der Waals surface area contributed by atoms with Crippen molar-refractivity contribution >= 4 is 17.5 Å². The number of carbonyl (C=O) groups excluding carboxylic acids is 2. The van der Waals surface area contributed by atoms with E-state index in [1.165, 1.54) is 5.56 Å². The van der Waals surface area contributed by atoms with Gasteiger partial charge in [-0.2, -0.15) is 0 Å². The summed E-state index contributed by atoms with van der Waals surface area (Å²) in [6.45, 7) is 4.26. The van der Waals surface area contributed by atoms with Crippen molar-refractivity contribution in [1.29, 1.82) is 0 Å². The Kier molecular flexibility index (Phi) is 5.51. The predicted octanol–water partition coefficient (Wildman–Crippen LogP) is 2.65. The smallest absolute Gasteiger partial charge is 0.231 e. The fourth-order valence-electron chi connectivity index (χ4n) is 4.56. The van der Waals surface area contributed by atoms with Gasteiger partial charge in [-0.1, -0.05) is 24.3 Å². The molecule has 0 aromatic heterocycles. The monoisotopic (exact) mass is 421 g/mol. The van der Waals surface area contributed by atoms with Gasteiger partial charge in [-0.15, -0.1) is 0 Å². The van der Waals surface area contributed by atoms with E-state index in [1.54, 1.807) is 0 Å². The molecule has 0 radical (unpaired) electrons. The minimum Gasteiger partial charge on any atom is -0.454 e. The lowest BCUT2D eigenvalue weighted by atomic mass is 9.89. The van der Waals surface area contributed by atoms with E-state index >= 15 is 0 Å². The van der Waals surface area contributed by atoms with Gasteiger partial charge in [0.25, 0.3) is 0 Å². The van der Waals surface area contributed by atoms with Crippen LogP contribution in [0.4, 0.5) is 5.69 Å². The first-order valence-corrected chi connectivity index (χ1v) is 10.9. The third-order valence-corrected chi connectivity index (χ3v) is 6.39. The van der Waals surface area contributed by atoms with Gasteiger partial charge in [0.15, 0.2) is 11.5 Å². The number of anilines is 1. The normalized spacial score (nSPS) is 20.3. The van der Waals surface area contributed by atoms with Crippen LogP contribution in [0.3, 0.4) is 0 Å². The molecule has 3 aliphatic heterocycles. The highest BCUT2D eigenvalue weighted by Crippen LogP contribution is 2.33. The van der Waals surface area contributed by atoms with Crippen molar-refractivity contribution in [2.24, 2.45) is 5.92 Å². The number of amides is 2. The summed E-state index contributed by atoms with van der Waals surface area (Å²) in [7, 11) is 0. The number of hydrogen-bond donors (Lipinski definition) is 1. The number of benzene rings is 2. The molecule has 7 heteroatoms. The third kappa shape index (κ3) is 4.37. The van der Waals surface area contributed by atoms with Crippen LogP contribution < -0.4 is 14.8 Å². The van der Waals surface area contributed by atoms with E-state index in [4.69, 9.17) is 9.47 Å². The lowest BCUT2D eigenvalue weighted by Gasteiger charge is -2.35. The van der Waals surface area contributed by atoms with E-state index in [0.717, 1.165) is 55.5 Å². The molecule has 0 saturated carbocycles. The van der Waals surface area contributed by atoms with Crippen LogP contribution in [0.1, 0.15) is 24.0 Å². The molecule has 2 aromatic carbocycles. The number of rotatable bonds is 5. The van der Waals surface area contributed by atoms with E-state index < -0.39 is 0 Å². The second-order valence-electron chi connectivity index (χ2n) is 8.43. The predicted molar refractivity (Wildman–Crippen MR) is 116 cm³/mol. The van der Waals surface area contributed by atoms with E-state index in [9.17, 15) is 9.59 Å². The lowest BCUT2D eigenvalue weighted by Crippen LogP contribution is -2.48. The van der Waals surface area contributed by atoms with Crippen LogP contribution >= 0.6 is 0 Å². The molecule has 7 nitrogen and oxygen atoms in total. The van der Waals surface area contributed by atoms with Crippen molar-refractivity contribution in [3.05, 3.63) is 53.6 Å². The second kappa shape index (κ2) is 8.59. The Morgan fingerprint density at radius 1 is 1.03 bits per heavy atom. The van der Waals surface area contributed by atoms with Gasteiger partial charge < -0.3 is 19.7 Å². The maximum absolute atomic E-state index is 12.7. The fourth-order valence-corrected chi connectivity index (χ4v) is 4.56. The first-order chi connectivity index (χ1) is 15.2. The molecule has 1 N–H and O–H groups in total. The van der Waals surface area contributed by atoms with Crippen LogP contribution in [0.15, 0.2) is 42.5 Å². The average Bonchev–Trinajstić information content (AvgIpc) is 3.26. The Morgan fingerprint density at radius 2 is 1.84 bits per heavy atom. The highest BCUT2D eigenvalue weighted by atomic mass is 16.7. The van der Waals surface area contributed by atoms with E-state index in [1.807, 2.05) is 41.3 Å². The number of piperazine rings is 1. The number of carbonyl (C=O) groups is 2. The number of hydrogen-bond acceptors (Lipinski definition) is 5. The molecular weight excluding hydrogens is 394 g/mol. The van der Waals surface area contributed by atoms with Crippen molar-refractivity contribution in [2.75, 3.05) is 38.3 Å². The molecule has 1 atom stereocenters. The summed E-state index contributed by atoms with van der Waals surface area (Å²) in [5.74, 6) is 1.65. The highest BCUT2D eigenvalue weighted by molar-refractivity contribution is 5.96. The van der Waals surface area contributed by atoms with Gasteiger partial charge in [-0.3, -0.25) is 14.5 Å². The molecule has 0 bridgehead atoms. The summed E-state index contributed by atoms with van der Waals surface area (Å²) in [4.78, 5) is 29.4. The summed E-state index contributed by atoms with van der Waals surface area (Å²) in [5.41, 5.74) is 3.23. The molecule has 0 aliphatic carbocycles. The Hall–Kier alpha value is -3.06. The minimum absolute atomic E-state index is 0.0278. The Bertz CT molecular complexity index is 985. The zero-order valence-electron chi connectivity index (χ0n) is 17.5. The highest BCUT2D eigenvalue weighted by Gasteiger charge is 2.28. The molecule has 31 heavy (non-hydrogen) atoms. The van der Waals surface area contributed by atoms with Crippen molar-refractivity contribution in [3.63, 3.8) is 0 Å². The van der Waals surface area contributed by atoms with Crippen LogP contribution in [0, 0.1) is 5.92 Å². The standard InChI is InChI=1S/C24H27N3O4/c28-23(8-6-19-14-18-3-1-2-4-20(18)25-24(19)29)27-11-9-26(10-12-27)15-17-5-7-21-22(13-17)31-16-30-21/h1-5,7,13,19H,6,8-12,14-16H2,(H,25,29)/t19-/m1/s1. The zero-order valence-corrected chi connectivity index (χ0v) is 17.5. The van der Waals surface area contributed by atoms with E-state index in [2.05, 4.69) is 16.3 Å². The number of nitrogens with one attached hydrogen (secondary N) is 1. The van der Waals surface area contributed by atoms with Crippen LogP contribution in [-0.2, 0) is 22.6 Å². The molecule has 5 rings (SSSR count). The molecule has 3 heterocycles. The van der Waals surface area contributed by atoms with Crippen LogP contribution in [0.25, 0.3) is 0 Å². The fraction of sp³-hybridized carbons (Fsp3) is 0.417. The summed E-state index contributed by atoms with van der Waals surface area (Å²) >= 11 is 0. The van der Waals surface area contributed by atoms with Crippen molar-refractivity contribution in [1.82, 2.24) is 9.80 Å². The van der Waals surface area contributed by atoms with Crippen molar-refractivity contribution < 1.29 is 19.1 Å². The summed E-state index contributed by atoms with van der Waals surface area (Å²) < 4.78 is 10.8. The summed E-state index contributed by atoms with van der Waals surface area (Å²) in [5, 5.41) is 2.97. The maximum Gasteiger partial charge on any atom is 0.231 e. The molecule has 1 fully saturated rings. The van der Waals surface area contributed by atoms with Gasteiger partial charge in [0.1, 0.15) is 0 Å². The van der Waals surface area contributed by atoms with Gasteiger partial charge in [0.05, 0.1) is 0 Å². The van der Waals surface area contributed by atoms with Crippen LogP contribution in [0.2, 0.25) is 0 Å². The molecular formula is C24H27N3O4. The molecule has 3 aliphatic rings. The largest absolute Gasteiger partial charge is 0.454 e. The molecule has 0 spiro atoms. The number of fused-ring (bicyclic) bond motifs is 2. The Morgan fingerprint density at radius 3 is 2.71 bits per heavy atom. The molecule has 0 unspecified atom stereocenters. The van der Waals surface area contributed by atoms with Crippen molar-refractivity contribution in [2.45, 2.75) is 25.8 Å².